The number of carbonyl (C=O) groups excluding carboxylic acids is 1. The van der Waals surface area contributed by atoms with E-state index in [0.717, 1.165) is 44.0 Å². The molecule has 126 valence electrons. The van der Waals surface area contributed by atoms with E-state index in [2.05, 4.69) is 37.5 Å². The van der Waals surface area contributed by atoms with E-state index in [0.29, 0.717) is 6.54 Å². The molecule has 0 saturated carbocycles. The first-order chi connectivity index (χ1) is 11.8. The Morgan fingerprint density at radius 1 is 1.21 bits per heavy atom. The molecule has 24 heavy (non-hydrogen) atoms. The quantitative estimate of drug-likeness (QED) is 0.893. The maximum absolute atomic E-state index is 12.5. The van der Waals surface area contributed by atoms with Crippen molar-refractivity contribution in [1.29, 1.82) is 0 Å². The molecule has 2 aromatic rings. The van der Waals surface area contributed by atoms with Crippen molar-refractivity contribution in [3.8, 4) is 0 Å². The molecule has 1 amide bonds. The molecule has 0 saturated heterocycles. The highest BCUT2D eigenvalue weighted by Gasteiger charge is 2.24. The SMILES string of the molecule is O=C(NCc1nnc2n1CCCCC2)C1Cc2ccccc2CN1. The Kier molecular flexibility index (Phi) is 4.30. The van der Waals surface area contributed by atoms with E-state index in [1.54, 1.807) is 0 Å². The Labute approximate surface area is 141 Å². The van der Waals surface area contributed by atoms with Crippen LogP contribution in [0.15, 0.2) is 24.3 Å². The van der Waals surface area contributed by atoms with Crippen LogP contribution in [0, 0.1) is 0 Å². The second-order valence-corrected chi connectivity index (χ2v) is 6.62. The largest absolute Gasteiger partial charge is 0.347 e. The minimum absolute atomic E-state index is 0.0375. The average molecular weight is 325 g/mol. The number of aryl methyl sites for hydroxylation is 1. The summed E-state index contributed by atoms with van der Waals surface area (Å²) >= 11 is 0. The second-order valence-electron chi connectivity index (χ2n) is 6.62. The Bertz CT molecular complexity index is 739. The van der Waals surface area contributed by atoms with Gasteiger partial charge in [-0.2, -0.15) is 0 Å². The molecule has 0 fully saturated rings. The van der Waals surface area contributed by atoms with Gasteiger partial charge in [0, 0.05) is 19.5 Å². The Hall–Kier alpha value is -2.21. The van der Waals surface area contributed by atoms with Crippen LogP contribution in [0.5, 0.6) is 0 Å². The molecule has 2 aliphatic heterocycles. The predicted molar refractivity (Wildman–Crippen MR) is 90.2 cm³/mol. The number of nitrogens with one attached hydrogen (secondary N) is 2. The number of aromatic nitrogens is 3. The first kappa shape index (κ1) is 15.3. The zero-order valence-corrected chi connectivity index (χ0v) is 13.8. The van der Waals surface area contributed by atoms with Crippen molar-refractivity contribution >= 4 is 5.91 Å². The van der Waals surface area contributed by atoms with Gasteiger partial charge in [0.1, 0.15) is 5.82 Å². The van der Waals surface area contributed by atoms with Crippen molar-refractivity contribution < 1.29 is 4.79 Å². The smallest absolute Gasteiger partial charge is 0.237 e. The van der Waals surface area contributed by atoms with Crippen LogP contribution in [0.1, 0.15) is 42.0 Å². The maximum Gasteiger partial charge on any atom is 0.237 e. The molecule has 2 aliphatic rings. The van der Waals surface area contributed by atoms with Gasteiger partial charge in [-0.05, 0) is 30.4 Å². The monoisotopic (exact) mass is 325 g/mol. The fourth-order valence-corrected chi connectivity index (χ4v) is 3.61. The lowest BCUT2D eigenvalue weighted by atomic mass is 9.95. The van der Waals surface area contributed by atoms with Crippen LogP contribution >= 0.6 is 0 Å². The summed E-state index contributed by atoms with van der Waals surface area (Å²) in [5, 5.41) is 14.9. The molecule has 0 radical (unpaired) electrons. The van der Waals surface area contributed by atoms with Crippen LogP contribution in [0.2, 0.25) is 0 Å². The fourth-order valence-electron chi connectivity index (χ4n) is 3.61. The van der Waals surface area contributed by atoms with Gasteiger partial charge in [0.15, 0.2) is 5.82 Å². The average Bonchev–Trinajstić information content (AvgIpc) is 2.85. The van der Waals surface area contributed by atoms with Gasteiger partial charge in [-0.1, -0.05) is 30.7 Å². The summed E-state index contributed by atoms with van der Waals surface area (Å²) in [4.78, 5) is 12.5. The molecular formula is C18H23N5O. The summed E-state index contributed by atoms with van der Waals surface area (Å²) in [6.45, 7) is 2.16. The van der Waals surface area contributed by atoms with Crippen LogP contribution in [-0.4, -0.2) is 26.7 Å². The normalized spacial score (nSPS) is 19.9. The third kappa shape index (κ3) is 3.06. The number of fused-ring (bicyclic) bond motifs is 2. The van der Waals surface area contributed by atoms with Crippen molar-refractivity contribution in [1.82, 2.24) is 25.4 Å². The lowest BCUT2D eigenvalue weighted by Crippen LogP contribution is -2.47. The molecule has 0 aliphatic carbocycles. The molecule has 3 heterocycles. The molecular weight excluding hydrogens is 302 g/mol. The van der Waals surface area contributed by atoms with E-state index >= 15 is 0 Å². The topological polar surface area (TPSA) is 71.8 Å². The van der Waals surface area contributed by atoms with E-state index in [1.807, 2.05) is 12.1 Å². The molecule has 0 spiro atoms. The number of nitrogens with zero attached hydrogens (tertiary/aromatic N) is 3. The van der Waals surface area contributed by atoms with Crippen LogP contribution in [0.25, 0.3) is 0 Å². The van der Waals surface area contributed by atoms with Gasteiger partial charge >= 0.3 is 0 Å². The summed E-state index contributed by atoms with van der Waals surface area (Å²) in [5.41, 5.74) is 2.54. The number of hydrogen-bond acceptors (Lipinski definition) is 4. The summed E-state index contributed by atoms with van der Waals surface area (Å²) < 4.78 is 2.18. The van der Waals surface area contributed by atoms with E-state index < -0.39 is 0 Å². The number of amides is 1. The molecule has 6 nitrogen and oxygen atoms in total. The number of benzene rings is 1. The maximum atomic E-state index is 12.5. The Morgan fingerprint density at radius 2 is 2.08 bits per heavy atom. The van der Waals surface area contributed by atoms with Gasteiger partial charge in [-0.15, -0.1) is 10.2 Å². The van der Waals surface area contributed by atoms with Crippen molar-refractivity contribution in [3.05, 3.63) is 47.0 Å². The predicted octanol–water partition coefficient (Wildman–Crippen LogP) is 1.34. The summed E-state index contributed by atoms with van der Waals surface area (Å²) in [6.07, 6.45) is 5.30. The molecule has 2 N–H and O–H groups in total. The van der Waals surface area contributed by atoms with Crippen molar-refractivity contribution in [2.45, 2.75) is 57.8 Å². The van der Waals surface area contributed by atoms with Crippen molar-refractivity contribution in [2.75, 3.05) is 0 Å². The highest BCUT2D eigenvalue weighted by Crippen LogP contribution is 2.17. The molecule has 4 rings (SSSR count). The second kappa shape index (κ2) is 6.73. The zero-order chi connectivity index (χ0) is 16.4. The first-order valence-corrected chi connectivity index (χ1v) is 8.80. The third-order valence-corrected chi connectivity index (χ3v) is 5.00. The lowest BCUT2D eigenvalue weighted by molar-refractivity contribution is -0.123. The molecule has 6 heteroatoms. The summed E-state index contributed by atoms with van der Waals surface area (Å²) in [7, 11) is 0. The Morgan fingerprint density at radius 3 is 3.00 bits per heavy atom. The van der Waals surface area contributed by atoms with E-state index in [-0.39, 0.29) is 11.9 Å². The van der Waals surface area contributed by atoms with E-state index in [4.69, 9.17) is 0 Å². The highest BCUT2D eigenvalue weighted by molar-refractivity contribution is 5.82. The van der Waals surface area contributed by atoms with Crippen molar-refractivity contribution in [3.63, 3.8) is 0 Å². The minimum atomic E-state index is -0.175. The Balaban J connectivity index is 1.38. The van der Waals surface area contributed by atoms with E-state index in [1.165, 1.54) is 24.0 Å². The first-order valence-electron chi connectivity index (χ1n) is 8.80. The summed E-state index contributed by atoms with van der Waals surface area (Å²) in [6, 6.07) is 8.12. The molecule has 1 atom stereocenters. The molecule has 1 aromatic heterocycles. The minimum Gasteiger partial charge on any atom is -0.347 e. The van der Waals surface area contributed by atoms with Crippen LogP contribution in [-0.2, 0) is 37.3 Å². The van der Waals surface area contributed by atoms with Crippen molar-refractivity contribution in [2.24, 2.45) is 0 Å². The van der Waals surface area contributed by atoms with Crippen LogP contribution in [0.3, 0.4) is 0 Å². The lowest BCUT2D eigenvalue weighted by Gasteiger charge is -2.25. The van der Waals surface area contributed by atoms with Crippen LogP contribution < -0.4 is 10.6 Å². The highest BCUT2D eigenvalue weighted by atomic mass is 16.2. The van der Waals surface area contributed by atoms with E-state index in [9.17, 15) is 4.79 Å². The van der Waals surface area contributed by atoms with Gasteiger partial charge in [-0.25, -0.2) is 0 Å². The zero-order valence-electron chi connectivity index (χ0n) is 13.8. The van der Waals surface area contributed by atoms with Gasteiger partial charge in [-0.3, -0.25) is 4.79 Å². The fraction of sp³-hybridized carbons (Fsp3) is 0.500. The summed E-state index contributed by atoms with van der Waals surface area (Å²) in [5.74, 6) is 1.97. The number of rotatable bonds is 3. The molecule has 0 bridgehead atoms. The molecule has 1 unspecified atom stereocenters. The number of hydrogen-bond donors (Lipinski definition) is 2. The van der Waals surface area contributed by atoms with Gasteiger partial charge < -0.3 is 15.2 Å². The number of carbonyl (C=O) groups is 1. The third-order valence-electron chi connectivity index (χ3n) is 5.00. The molecule has 1 aromatic carbocycles. The van der Waals surface area contributed by atoms with Gasteiger partial charge in [0.2, 0.25) is 5.91 Å². The van der Waals surface area contributed by atoms with Crippen LogP contribution in [0.4, 0.5) is 0 Å². The van der Waals surface area contributed by atoms with Gasteiger partial charge in [0.05, 0.1) is 12.6 Å². The van der Waals surface area contributed by atoms with Gasteiger partial charge in [0.25, 0.3) is 0 Å². The standard InChI is InChI=1S/C18H23N5O/c24-18(15-10-13-6-3-4-7-14(13)11-19-15)20-12-17-22-21-16-8-2-1-5-9-23(16)17/h3-4,6-7,15,19H,1-2,5,8-12H2,(H,20,24).